The number of H-pyrrole nitrogens is 2. The zero-order valence-electron chi connectivity index (χ0n) is 50.4. The van der Waals surface area contributed by atoms with Crippen LogP contribution in [0.15, 0.2) is 53.9 Å². The molecule has 4 aliphatic heterocycles. The minimum atomic E-state index is -5.95. The maximum absolute atomic E-state index is 13.2. The molecule has 6 heterocycles. The van der Waals surface area contributed by atoms with Crippen LogP contribution >= 0.6 is 31.3 Å². The van der Waals surface area contributed by atoms with Crippen LogP contribution in [-0.4, -0.2) is 237 Å². The van der Waals surface area contributed by atoms with Crippen LogP contribution in [0.4, 0.5) is 13.2 Å². The highest BCUT2D eigenvalue weighted by Crippen LogP contribution is 2.63. The third-order valence-corrected chi connectivity index (χ3v) is 18.4. The zero-order chi connectivity index (χ0) is 74.4. The molecule has 0 aliphatic carbocycles. The highest BCUT2D eigenvalue weighted by atomic mass is 31.3. The molecule has 570 valence electrons. The van der Waals surface area contributed by atoms with Crippen molar-refractivity contribution >= 4 is 67.0 Å². The first-order chi connectivity index (χ1) is 45.9. The molecule has 0 saturated carbocycles. The van der Waals surface area contributed by atoms with Crippen molar-refractivity contribution in [3.05, 3.63) is 87.1 Å². The van der Waals surface area contributed by atoms with E-state index in [0.29, 0.717) is 21.4 Å². The summed E-state index contributed by atoms with van der Waals surface area (Å²) in [6.07, 6.45) is -32.3. The third-order valence-electron chi connectivity index (χ3n) is 13.2. The largest absolute Gasteiger partial charge is 0.490 e. The van der Waals surface area contributed by atoms with Gasteiger partial charge in [0.2, 0.25) is 11.8 Å². The Balaban J connectivity index is 0.000000537. The predicted octanol–water partition coefficient (Wildman–Crippen LogP) is -3.35. The van der Waals surface area contributed by atoms with Crippen LogP contribution in [0.25, 0.3) is 20.9 Å². The quantitative estimate of drug-likeness (QED) is 0.00989. The Bertz CT molecular complexity index is 3820. The number of phosphoric ester groups is 4. The number of phosphoric acid groups is 4. The number of carbonyl (C=O) groups is 6. The van der Waals surface area contributed by atoms with E-state index in [1.807, 2.05) is 10.3 Å². The molecular weight excluding hydrogens is 1480 g/mol. The lowest BCUT2D eigenvalue weighted by Gasteiger charge is -2.44. The number of nitrogens with one attached hydrogen (secondary N) is 4. The van der Waals surface area contributed by atoms with E-state index >= 15 is 0 Å². The highest BCUT2D eigenvalue weighted by molar-refractivity contribution is 7.61. The lowest BCUT2D eigenvalue weighted by atomic mass is 9.88. The molecule has 4 aliphatic rings. The number of aromatic amines is 2. The molecular formula is C45H67F3N12O37P4. The summed E-state index contributed by atoms with van der Waals surface area (Å²) >= 11 is 0. The molecule has 2 aromatic rings. The highest BCUT2D eigenvalue weighted by Gasteiger charge is 2.57. The Morgan fingerprint density at radius 2 is 1.02 bits per heavy atom. The molecule has 0 aromatic carbocycles. The minimum absolute atomic E-state index is 0. The summed E-state index contributed by atoms with van der Waals surface area (Å²) in [5, 5.41) is 60.4. The number of amides is 2. The Morgan fingerprint density at radius 3 is 1.48 bits per heavy atom. The molecule has 4 saturated heterocycles. The number of aromatic nitrogens is 4. The average Bonchev–Trinajstić information content (AvgIpc) is 1.78. The second-order valence-corrected chi connectivity index (χ2v) is 26.4. The Labute approximate surface area is 561 Å². The van der Waals surface area contributed by atoms with Gasteiger partial charge in [0, 0.05) is 61.0 Å². The van der Waals surface area contributed by atoms with Crippen molar-refractivity contribution in [3.63, 3.8) is 0 Å². The fourth-order valence-corrected chi connectivity index (χ4v) is 13.4. The number of aliphatic hydroxyl groups excluding tert-OH is 5. The van der Waals surface area contributed by atoms with Gasteiger partial charge in [-0.05, 0) is 11.1 Å². The van der Waals surface area contributed by atoms with Gasteiger partial charge in [-0.1, -0.05) is 32.0 Å². The molecule has 2 aromatic heterocycles. The molecule has 22 atom stereocenters. The molecule has 13 N–H and O–H groups in total. The number of hydrogen-bond donors (Lipinski definition) is 13. The number of halogens is 3. The predicted molar refractivity (Wildman–Crippen MR) is 313 cm³/mol. The van der Waals surface area contributed by atoms with Gasteiger partial charge in [-0.25, -0.2) is 32.6 Å². The molecule has 0 bridgehead atoms. The number of ether oxygens (including phenoxy) is 8. The number of azide groups is 2. The average molecular weight is 1550 g/mol. The van der Waals surface area contributed by atoms with Crippen molar-refractivity contribution in [2.45, 2.75) is 153 Å². The van der Waals surface area contributed by atoms with Crippen molar-refractivity contribution in [1.29, 1.82) is 0 Å². The van der Waals surface area contributed by atoms with E-state index in [9.17, 15) is 124 Å². The number of rotatable bonds is 28. The molecule has 2 amide bonds. The van der Waals surface area contributed by atoms with Gasteiger partial charge in [0.15, 0.2) is 37.2 Å². The normalized spacial score (nSPS) is 30.0. The Hall–Kier alpha value is -7.25. The maximum Gasteiger partial charge on any atom is 0.490 e. The van der Waals surface area contributed by atoms with E-state index in [4.69, 9.17) is 48.7 Å². The second-order valence-electron chi connectivity index (χ2n) is 20.4. The van der Waals surface area contributed by atoms with Crippen LogP contribution in [0.5, 0.6) is 0 Å². The van der Waals surface area contributed by atoms with Gasteiger partial charge in [0.25, 0.3) is 11.1 Å². The van der Waals surface area contributed by atoms with E-state index in [2.05, 4.69) is 52.3 Å². The second kappa shape index (κ2) is 37.3. The van der Waals surface area contributed by atoms with Crippen LogP contribution in [0, 0.1) is 5.92 Å². The van der Waals surface area contributed by atoms with Crippen LogP contribution in [0.1, 0.15) is 55.0 Å². The topological polar surface area (TPSA) is 713 Å². The van der Waals surface area contributed by atoms with E-state index in [1.165, 1.54) is 6.92 Å². The summed E-state index contributed by atoms with van der Waals surface area (Å²) in [5.74, 6) is -9.12. The smallest absolute Gasteiger partial charge is 0.463 e. The number of alkyl halides is 3. The first-order valence-electron chi connectivity index (χ1n) is 27.3. The van der Waals surface area contributed by atoms with Crippen LogP contribution < -0.4 is 33.1 Å². The number of carbonyl (C=O) groups excluding carboxylic acids is 6. The monoisotopic (exact) mass is 1550 g/mol. The van der Waals surface area contributed by atoms with Crippen LogP contribution in [0.2, 0.25) is 0 Å². The van der Waals surface area contributed by atoms with Crippen LogP contribution in [-0.2, 0) is 112 Å². The summed E-state index contributed by atoms with van der Waals surface area (Å²) in [6.45, 7) is -1.72. The van der Waals surface area contributed by atoms with Crippen molar-refractivity contribution in [2.24, 2.45) is 16.1 Å². The first kappa shape index (κ1) is 88.0. The SMILES string of the molecule is C.C.CC(=O)OCC1O[C@H](OP(=O)(O)OP(=O)(O)OC[C@H]2O[C@@H](n3ccc(=O)[nH]c3=O)[C@@H](OC(=O)C(F)(F)F)C2OC(C)=O)[C@@H](NC(=O)CN=[N+]=[N-])C(C)[C@H]1OC(C)=O.[N-]=[N+]=NCC(=O)N[C@H]1C(O)[C@@H](O)C(CO)O[C@@H]1OP(=O)(O)OP(=O)(O)OC[C@H]1O[C@@H](n2ccc(=O)[nH]c2=O)[C@@H](O)C1O. The number of esters is 4. The molecule has 0 spiro atoms. The van der Waals surface area contributed by atoms with Gasteiger partial charge in [0.1, 0.15) is 80.7 Å². The summed E-state index contributed by atoms with van der Waals surface area (Å²) < 4.78 is 160. The molecule has 4 fully saturated rings. The van der Waals surface area contributed by atoms with Crippen molar-refractivity contribution in [2.75, 3.05) is 39.5 Å². The zero-order valence-corrected chi connectivity index (χ0v) is 54.0. The van der Waals surface area contributed by atoms with Gasteiger partial charge < -0.3 is 93.6 Å². The summed E-state index contributed by atoms with van der Waals surface area (Å²) in [7, 11) is -23.2. The van der Waals surface area contributed by atoms with Gasteiger partial charge in [-0.2, -0.15) is 21.8 Å². The van der Waals surface area contributed by atoms with E-state index in [1.54, 1.807) is 4.98 Å². The van der Waals surface area contributed by atoms with E-state index in [0.717, 1.165) is 33.0 Å². The third kappa shape index (κ3) is 25.3. The van der Waals surface area contributed by atoms with Crippen LogP contribution in [0.3, 0.4) is 0 Å². The number of nitrogens with zero attached hydrogens (tertiary/aromatic N) is 8. The fraction of sp³-hybridized carbons (Fsp3) is 0.689. The molecule has 6 rings (SSSR count). The van der Waals surface area contributed by atoms with Crippen molar-refractivity contribution < 1.29 is 170 Å². The molecule has 10 unspecified atom stereocenters. The maximum atomic E-state index is 13.2. The Morgan fingerprint density at radius 1 is 0.594 bits per heavy atom. The molecule has 0 radical (unpaired) electrons. The standard InChI is InChI=1S/C26H33F3N6O20P2.C17H26N6O17P2.2CH4/c1-10-18(32-17(40)7-31-34-30)23(52-14(8-47-11(2)36)19(10)49-12(3)37)54-57(45,46)55-56(43,44)48-9-15-20(50-13(4)38)21(53-24(41)26(27,28)29)22(51-15)35-6-5-16(39)33-25(35)42;18-22-19-3-9(26)20-10-13(29)11(27)6(4-24)38-16(10)39-42(34,35)40-41(32,33)36-5-7-12(28)14(30)15(37-7)23-2-1-8(25)21-17(23)31;;/h5-6,10,14-15,18-23H,7-9H2,1-4H3,(H,32,40)(H,43,44)(H,45,46)(H,33,39,42);1-2,6-7,10-16,24,27-30H,3-5H2,(H,20,26)(H,32,33)(H,34,35)(H,21,25,31);2*1H4/t10?,14?,15-,18+,19-,20?,21+,22-,23-;6?,7-,10+,11+,12?,13?,14+,15-,16-;;/m11../s1. The minimum Gasteiger partial charge on any atom is -0.463 e. The van der Waals surface area contributed by atoms with Gasteiger partial charge >= 0.3 is 72.7 Å². The Kier molecular flexibility index (Phi) is 32.5. The fourth-order valence-electron chi connectivity index (χ4n) is 9.12. The number of aliphatic hydroxyl groups is 5. The lowest BCUT2D eigenvalue weighted by molar-refractivity contribution is -0.247. The molecule has 49 nitrogen and oxygen atoms in total. The summed E-state index contributed by atoms with van der Waals surface area (Å²) in [4.78, 5) is 168. The summed E-state index contributed by atoms with van der Waals surface area (Å²) in [5.41, 5.74) is 12.8. The molecule has 101 heavy (non-hydrogen) atoms. The van der Waals surface area contributed by atoms with Gasteiger partial charge in [-0.15, -0.1) is 0 Å². The van der Waals surface area contributed by atoms with E-state index < -0.39 is 245 Å². The first-order valence-corrected chi connectivity index (χ1v) is 33.2. The summed E-state index contributed by atoms with van der Waals surface area (Å²) in [6, 6.07) is -1.87. The number of hydrogen-bond acceptors (Lipinski definition) is 35. The van der Waals surface area contributed by atoms with Gasteiger partial charge in [-0.3, -0.25) is 70.8 Å². The molecule has 56 heteroatoms. The van der Waals surface area contributed by atoms with Crippen molar-refractivity contribution in [1.82, 2.24) is 29.7 Å². The van der Waals surface area contributed by atoms with Gasteiger partial charge in [0.05, 0.1) is 25.9 Å². The van der Waals surface area contributed by atoms with E-state index in [-0.39, 0.29) is 14.9 Å². The lowest BCUT2D eigenvalue weighted by Crippen LogP contribution is -2.64. The van der Waals surface area contributed by atoms with Crippen molar-refractivity contribution in [3.8, 4) is 0 Å².